The van der Waals surface area contributed by atoms with E-state index >= 15 is 0 Å². The third kappa shape index (κ3) is 1.80. The molecule has 0 radical (unpaired) electrons. The van der Waals surface area contributed by atoms with Gasteiger partial charge in [-0.1, -0.05) is 5.16 Å². The summed E-state index contributed by atoms with van der Waals surface area (Å²) < 4.78 is 1.73. The first-order valence-corrected chi connectivity index (χ1v) is 4.06. The van der Waals surface area contributed by atoms with Crippen molar-refractivity contribution in [2.24, 2.45) is 10.9 Å². The second-order valence-corrected chi connectivity index (χ2v) is 3.07. The Bertz CT molecular complexity index is 329. The summed E-state index contributed by atoms with van der Waals surface area (Å²) in [5.41, 5.74) is 7.39. The first-order valence-electron chi connectivity index (χ1n) is 4.06. The molecule has 0 aliphatic carbocycles. The molecule has 1 rings (SSSR count). The van der Waals surface area contributed by atoms with Gasteiger partial charge in [-0.25, -0.2) is 0 Å². The molecule has 1 atom stereocenters. The number of amidine groups is 1. The van der Waals surface area contributed by atoms with E-state index < -0.39 is 0 Å². The smallest absolute Gasteiger partial charge is 0.163 e. The summed E-state index contributed by atoms with van der Waals surface area (Å²) in [4.78, 5) is 0. The third-order valence-electron chi connectivity index (χ3n) is 1.95. The van der Waals surface area contributed by atoms with Crippen LogP contribution in [0.25, 0.3) is 0 Å². The topological polar surface area (TPSA) is 76.4 Å². The first kappa shape index (κ1) is 9.57. The largest absolute Gasteiger partial charge is 0.409 e. The standard InChI is InChI=1S/C8H14N4O/c1-5-4-6(2)12(10-5)7(3)8(9)11-13/h4,7,13H,1-3H3,(H2,9,11). The van der Waals surface area contributed by atoms with E-state index in [1.54, 1.807) is 4.68 Å². The summed E-state index contributed by atoms with van der Waals surface area (Å²) in [6.45, 7) is 5.66. The predicted octanol–water partition coefficient (Wildman–Crippen LogP) is 0.807. The molecule has 3 N–H and O–H groups in total. The Kier molecular flexibility index (Phi) is 2.55. The number of oxime groups is 1. The molecule has 0 aliphatic heterocycles. The maximum Gasteiger partial charge on any atom is 0.163 e. The molecular weight excluding hydrogens is 168 g/mol. The third-order valence-corrected chi connectivity index (χ3v) is 1.95. The van der Waals surface area contributed by atoms with Gasteiger partial charge in [-0.3, -0.25) is 4.68 Å². The fourth-order valence-corrected chi connectivity index (χ4v) is 1.25. The highest BCUT2D eigenvalue weighted by molar-refractivity contribution is 5.83. The van der Waals surface area contributed by atoms with Crippen molar-refractivity contribution in [3.63, 3.8) is 0 Å². The second-order valence-electron chi connectivity index (χ2n) is 3.07. The van der Waals surface area contributed by atoms with Crippen molar-refractivity contribution in [3.05, 3.63) is 17.5 Å². The van der Waals surface area contributed by atoms with Crippen LogP contribution in [0.4, 0.5) is 0 Å². The number of hydrogen-bond donors (Lipinski definition) is 2. The molecule has 0 spiro atoms. The van der Waals surface area contributed by atoms with Gasteiger partial charge in [0.1, 0.15) is 6.04 Å². The molecule has 5 heteroatoms. The Balaban J connectivity index is 3.01. The molecule has 5 nitrogen and oxygen atoms in total. The lowest BCUT2D eigenvalue weighted by molar-refractivity contribution is 0.313. The van der Waals surface area contributed by atoms with Gasteiger partial charge in [0.05, 0.1) is 5.69 Å². The van der Waals surface area contributed by atoms with Crippen molar-refractivity contribution in [1.82, 2.24) is 9.78 Å². The number of nitrogens with zero attached hydrogens (tertiary/aromatic N) is 3. The molecule has 1 aromatic heterocycles. The van der Waals surface area contributed by atoms with Gasteiger partial charge in [0, 0.05) is 5.69 Å². The highest BCUT2D eigenvalue weighted by atomic mass is 16.4. The zero-order valence-corrected chi connectivity index (χ0v) is 8.02. The van der Waals surface area contributed by atoms with E-state index in [0.717, 1.165) is 11.4 Å². The molecule has 13 heavy (non-hydrogen) atoms. The SMILES string of the molecule is Cc1cc(C)n(C(C)/C(N)=N/O)n1. The monoisotopic (exact) mass is 182 g/mol. The minimum absolute atomic E-state index is 0.159. The second kappa shape index (κ2) is 3.47. The lowest BCUT2D eigenvalue weighted by Gasteiger charge is -2.11. The van der Waals surface area contributed by atoms with E-state index in [4.69, 9.17) is 10.9 Å². The minimum Gasteiger partial charge on any atom is -0.409 e. The van der Waals surface area contributed by atoms with Crippen molar-refractivity contribution >= 4 is 5.84 Å². The summed E-state index contributed by atoms with van der Waals surface area (Å²) in [6.07, 6.45) is 0. The molecule has 0 aromatic carbocycles. The number of aromatic nitrogens is 2. The molecule has 0 saturated heterocycles. The van der Waals surface area contributed by atoms with Crippen LogP contribution in [0.15, 0.2) is 11.2 Å². The molecule has 1 unspecified atom stereocenters. The number of nitrogens with two attached hydrogens (primary N) is 1. The van der Waals surface area contributed by atoms with E-state index in [0.29, 0.717) is 0 Å². The van der Waals surface area contributed by atoms with Gasteiger partial charge in [-0.15, -0.1) is 0 Å². The highest BCUT2D eigenvalue weighted by Gasteiger charge is 2.12. The van der Waals surface area contributed by atoms with Crippen molar-refractivity contribution < 1.29 is 5.21 Å². The Morgan fingerprint density at radius 2 is 2.31 bits per heavy atom. The Morgan fingerprint density at radius 3 is 2.69 bits per heavy atom. The van der Waals surface area contributed by atoms with E-state index in [9.17, 15) is 0 Å². The summed E-state index contributed by atoms with van der Waals surface area (Å²) in [5.74, 6) is 0.159. The molecule has 0 aliphatic rings. The molecule has 1 aromatic rings. The highest BCUT2D eigenvalue weighted by Crippen LogP contribution is 2.10. The molecular formula is C8H14N4O. The fraction of sp³-hybridized carbons (Fsp3) is 0.500. The molecule has 0 amide bonds. The molecule has 72 valence electrons. The zero-order chi connectivity index (χ0) is 10.0. The maximum atomic E-state index is 8.49. The minimum atomic E-state index is -0.210. The fourth-order valence-electron chi connectivity index (χ4n) is 1.25. The van der Waals surface area contributed by atoms with E-state index in [2.05, 4.69) is 10.3 Å². The van der Waals surface area contributed by atoms with Crippen molar-refractivity contribution in [1.29, 1.82) is 0 Å². The van der Waals surface area contributed by atoms with Crippen LogP contribution in [0.2, 0.25) is 0 Å². The Morgan fingerprint density at radius 1 is 1.69 bits per heavy atom. The average molecular weight is 182 g/mol. The van der Waals surface area contributed by atoms with Crippen LogP contribution in [0.3, 0.4) is 0 Å². The van der Waals surface area contributed by atoms with Gasteiger partial charge in [0.15, 0.2) is 5.84 Å². The van der Waals surface area contributed by atoms with Gasteiger partial charge in [-0.2, -0.15) is 5.10 Å². The quantitative estimate of drug-likeness (QED) is 0.307. The maximum absolute atomic E-state index is 8.49. The van der Waals surface area contributed by atoms with Crippen LogP contribution < -0.4 is 5.73 Å². The molecule has 0 bridgehead atoms. The summed E-state index contributed by atoms with van der Waals surface area (Å²) >= 11 is 0. The Hall–Kier alpha value is -1.52. The summed E-state index contributed by atoms with van der Waals surface area (Å²) in [7, 11) is 0. The molecule has 0 fully saturated rings. The van der Waals surface area contributed by atoms with Crippen LogP contribution >= 0.6 is 0 Å². The van der Waals surface area contributed by atoms with Gasteiger partial charge in [0.25, 0.3) is 0 Å². The molecule has 1 heterocycles. The van der Waals surface area contributed by atoms with E-state index in [-0.39, 0.29) is 11.9 Å². The van der Waals surface area contributed by atoms with Crippen LogP contribution in [0.5, 0.6) is 0 Å². The van der Waals surface area contributed by atoms with Gasteiger partial charge in [-0.05, 0) is 26.8 Å². The lowest BCUT2D eigenvalue weighted by atomic mass is 10.3. The van der Waals surface area contributed by atoms with Crippen molar-refractivity contribution in [2.75, 3.05) is 0 Å². The Labute approximate surface area is 76.8 Å². The summed E-state index contributed by atoms with van der Waals surface area (Å²) in [6, 6.07) is 1.74. The van der Waals surface area contributed by atoms with Gasteiger partial charge >= 0.3 is 0 Å². The average Bonchev–Trinajstić information content (AvgIpc) is 2.42. The lowest BCUT2D eigenvalue weighted by Crippen LogP contribution is -2.26. The van der Waals surface area contributed by atoms with Crippen molar-refractivity contribution in [3.8, 4) is 0 Å². The number of aryl methyl sites for hydroxylation is 2. The zero-order valence-electron chi connectivity index (χ0n) is 8.02. The predicted molar refractivity (Wildman–Crippen MR) is 49.8 cm³/mol. The van der Waals surface area contributed by atoms with Crippen LogP contribution in [-0.4, -0.2) is 20.8 Å². The number of rotatable bonds is 2. The summed E-state index contributed by atoms with van der Waals surface area (Å²) in [5, 5.41) is 15.7. The molecule has 0 saturated carbocycles. The van der Waals surface area contributed by atoms with E-state index in [1.807, 2.05) is 26.8 Å². The van der Waals surface area contributed by atoms with Crippen LogP contribution in [-0.2, 0) is 0 Å². The van der Waals surface area contributed by atoms with Gasteiger partial charge < -0.3 is 10.9 Å². The van der Waals surface area contributed by atoms with Crippen LogP contribution in [0, 0.1) is 13.8 Å². The van der Waals surface area contributed by atoms with Crippen LogP contribution in [0.1, 0.15) is 24.4 Å². The van der Waals surface area contributed by atoms with Gasteiger partial charge in [0.2, 0.25) is 0 Å². The first-order chi connectivity index (χ1) is 6.06. The normalized spacial score (nSPS) is 14.5. The van der Waals surface area contributed by atoms with E-state index in [1.165, 1.54) is 0 Å². The van der Waals surface area contributed by atoms with Crippen molar-refractivity contribution in [2.45, 2.75) is 26.8 Å². The number of hydrogen-bond acceptors (Lipinski definition) is 3.